The van der Waals surface area contributed by atoms with Gasteiger partial charge >= 0.3 is 0 Å². The normalized spacial score (nSPS) is 13.2. The van der Waals surface area contributed by atoms with Crippen LogP contribution >= 0.6 is 0 Å². The Morgan fingerprint density at radius 1 is 0.517 bits per heavy atom. The van der Waals surface area contributed by atoms with Gasteiger partial charge in [0.1, 0.15) is 21.3 Å². The molecule has 0 bridgehead atoms. The van der Waals surface area contributed by atoms with E-state index in [1.165, 1.54) is 0 Å². The molecule has 17 heteroatoms. The van der Waals surface area contributed by atoms with Crippen LogP contribution in [0, 0.1) is 0 Å². The van der Waals surface area contributed by atoms with Gasteiger partial charge in [0.15, 0.2) is 9.79 Å². The molecule has 0 fully saturated rings. The Balaban J connectivity index is 2.91. The summed E-state index contributed by atoms with van der Waals surface area (Å²) in [6.07, 6.45) is 0. The van der Waals surface area contributed by atoms with E-state index in [1.807, 2.05) is 0 Å². The fourth-order valence-electron chi connectivity index (χ4n) is 2.19. The first kappa shape index (κ1) is 23.2. The quantitative estimate of drug-likeness (QED) is 0.404. The molecule has 0 atom stereocenters. The van der Waals surface area contributed by atoms with Crippen molar-refractivity contribution in [2.45, 2.75) is 19.6 Å². The number of hydrogen-bond donors (Lipinski definition) is 4. The van der Waals surface area contributed by atoms with Crippen molar-refractivity contribution < 1.29 is 56.6 Å². The van der Waals surface area contributed by atoms with Gasteiger partial charge in [-0.15, -0.1) is 0 Å². The van der Waals surface area contributed by atoms with Crippen LogP contribution in [-0.4, -0.2) is 51.9 Å². The molecule has 13 nitrogen and oxygen atoms in total. The van der Waals surface area contributed by atoms with Gasteiger partial charge in [-0.3, -0.25) is 18.2 Å². The van der Waals surface area contributed by atoms with Gasteiger partial charge in [-0.2, -0.15) is 33.7 Å². The Hall–Kier alpha value is -2.12. The second kappa shape index (κ2) is 7.29. The highest BCUT2D eigenvalue weighted by atomic mass is 32.2. The lowest BCUT2D eigenvalue weighted by atomic mass is 10.3. The predicted octanol–water partition coefficient (Wildman–Crippen LogP) is 0.466. The zero-order chi connectivity index (χ0) is 22.4. The molecule has 2 aromatic rings. The molecule has 2 rings (SSSR count). The average molecular weight is 490 g/mol. The van der Waals surface area contributed by atoms with Crippen molar-refractivity contribution in [3.8, 4) is 11.5 Å². The molecule has 0 saturated heterocycles. The Morgan fingerprint density at radius 2 is 0.828 bits per heavy atom. The van der Waals surface area contributed by atoms with Gasteiger partial charge in [-0.1, -0.05) is 12.1 Å². The molecule has 160 valence electrons. The van der Waals surface area contributed by atoms with Crippen LogP contribution in [0.2, 0.25) is 0 Å². The second-order valence-corrected chi connectivity index (χ2v) is 10.7. The monoisotopic (exact) mass is 490 g/mol. The summed E-state index contributed by atoms with van der Waals surface area (Å²) in [6, 6.07) is 4.28. The number of ether oxygens (including phenoxy) is 1. The predicted molar refractivity (Wildman–Crippen MR) is 92.2 cm³/mol. The summed E-state index contributed by atoms with van der Waals surface area (Å²) in [7, 11) is -21.2. The molecule has 0 saturated carbocycles. The molecule has 2 aromatic carbocycles. The van der Waals surface area contributed by atoms with Gasteiger partial charge in [0.2, 0.25) is 0 Å². The van der Waals surface area contributed by atoms with Crippen LogP contribution in [-0.2, 0) is 40.5 Å². The van der Waals surface area contributed by atoms with Crippen molar-refractivity contribution in [2.75, 3.05) is 0 Å². The van der Waals surface area contributed by atoms with E-state index in [0.717, 1.165) is 24.3 Å². The second-order valence-electron chi connectivity index (χ2n) is 5.17. The lowest BCUT2D eigenvalue weighted by Gasteiger charge is -2.15. The van der Waals surface area contributed by atoms with E-state index >= 15 is 0 Å². The van der Waals surface area contributed by atoms with E-state index in [2.05, 4.69) is 0 Å². The maximum atomic E-state index is 11.6. The molecule has 0 radical (unpaired) electrons. The van der Waals surface area contributed by atoms with E-state index in [0.29, 0.717) is 12.1 Å². The highest BCUT2D eigenvalue weighted by molar-refractivity contribution is 7.89. The lowest BCUT2D eigenvalue weighted by molar-refractivity contribution is 0.418. The maximum Gasteiger partial charge on any atom is 0.299 e. The minimum atomic E-state index is -5.40. The largest absolute Gasteiger partial charge is 0.454 e. The van der Waals surface area contributed by atoms with Crippen LogP contribution in [0.15, 0.2) is 56.0 Å². The standard InChI is InChI=1S/C12H10O13S4/c13-26(14,15)9-5-1-3-7(11(9)28(19,20)21)25-8-4-2-6-10(27(16,17)18)12(8)29(22,23)24/h1-6H,(H,13,14,15)(H,16,17,18)(H,19,20,21)(H,22,23,24). The third-order valence-corrected chi connectivity index (χ3v) is 7.10. The van der Waals surface area contributed by atoms with Crippen molar-refractivity contribution in [2.24, 2.45) is 0 Å². The zero-order valence-corrected chi connectivity index (χ0v) is 16.8. The lowest BCUT2D eigenvalue weighted by Crippen LogP contribution is -2.12. The Morgan fingerprint density at radius 3 is 1.07 bits per heavy atom. The number of hydrogen-bond acceptors (Lipinski definition) is 9. The van der Waals surface area contributed by atoms with E-state index in [1.54, 1.807) is 0 Å². The van der Waals surface area contributed by atoms with Crippen LogP contribution in [0.4, 0.5) is 0 Å². The summed E-state index contributed by atoms with van der Waals surface area (Å²) >= 11 is 0. The minimum Gasteiger partial charge on any atom is -0.454 e. The van der Waals surface area contributed by atoms with Gasteiger partial charge in [-0.05, 0) is 24.3 Å². The van der Waals surface area contributed by atoms with Gasteiger partial charge in [-0.25, -0.2) is 0 Å². The minimum absolute atomic E-state index is 0.573. The summed E-state index contributed by atoms with van der Waals surface area (Å²) in [5, 5.41) is 0. The molecule has 0 spiro atoms. The van der Waals surface area contributed by atoms with Crippen LogP contribution in [0.1, 0.15) is 0 Å². The zero-order valence-electron chi connectivity index (χ0n) is 13.6. The summed E-state index contributed by atoms with van der Waals surface area (Å²) in [5.74, 6) is -2.11. The molecule has 0 aliphatic rings. The van der Waals surface area contributed by atoms with E-state index in [9.17, 15) is 42.8 Å². The molecule has 4 N–H and O–H groups in total. The fourth-order valence-corrected chi connectivity index (χ4v) is 5.99. The third-order valence-electron chi connectivity index (χ3n) is 3.18. The summed E-state index contributed by atoms with van der Waals surface area (Å²) in [4.78, 5) is -5.67. The highest BCUT2D eigenvalue weighted by Gasteiger charge is 2.32. The van der Waals surface area contributed by atoms with Crippen molar-refractivity contribution >= 4 is 40.5 Å². The van der Waals surface area contributed by atoms with Crippen molar-refractivity contribution in [1.29, 1.82) is 0 Å². The Kier molecular flexibility index (Phi) is 5.82. The Bertz CT molecular complexity index is 1290. The summed E-state index contributed by atoms with van der Waals surface area (Å²) in [5.41, 5.74) is 0. The first-order chi connectivity index (χ1) is 12.9. The summed E-state index contributed by atoms with van der Waals surface area (Å²) in [6.45, 7) is 0. The van der Waals surface area contributed by atoms with Gasteiger partial charge in [0.05, 0.1) is 0 Å². The van der Waals surface area contributed by atoms with Gasteiger partial charge in [0, 0.05) is 0 Å². The number of rotatable bonds is 6. The smallest absolute Gasteiger partial charge is 0.299 e. The van der Waals surface area contributed by atoms with Crippen LogP contribution < -0.4 is 4.74 Å². The van der Waals surface area contributed by atoms with Crippen molar-refractivity contribution in [3.63, 3.8) is 0 Å². The molecular weight excluding hydrogens is 480 g/mol. The molecule has 0 amide bonds. The van der Waals surface area contributed by atoms with Crippen LogP contribution in [0.3, 0.4) is 0 Å². The molecule has 0 aliphatic carbocycles. The maximum absolute atomic E-state index is 11.6. The first-order valence-electron chi connectivity index (χ1n) is 6.78. The Labute approximate surface area is 164 Å². The van der Waals surface area contributed by atoms with Crippen LogP contribution in [0.5, 0.6) is 11.5 Å². The van der Waals surface area contributed by atoms with Crippen molar-refractivity contribution in [1.82, 2.24) is 0 Å². The molecular formula is C12H10O13S4. The highest BCUT2D eigenvalue weighted by Crippen LogP contribution is 2.38. The van der Waals surface area contributed by atoms with E-state index < -0.39 is 71.6 Å². The van der Waals surface area contributed by atoms with E-state index in [4.69, 9.17) is 13.8 Å². The molecule has 0 aliphatic heterocycles. The molecule has 0 aromatic heterocycles. The van der Waals surface area contributed by atoms with Crippen molar-refractivity contribution in [3.05, 3.63) is 36.4 Å². The van der Waals surface area contributed by atoms with Gasteiger partial charge < -0.3 is 4.74 Å². The average Bonchev–Trinajstić information content (AvgIpc) is 2.50. The van der Waals surface area contributed by atoms with Crippen LogP contribution in [0.25, 0.3) is 0 Å². The molecule has 0 heterocycles. The fraction of sp³-hybridized carbons (Fsp3) is 0. The number of benzene rings is 2. The molecule has 0 unspecified atom stereocenters. The SMILES string of the molecule is O=S(=O)(O)c1cccc(Oc2cccc(S(=O)(=O)O)c2S(=O)(=O)O)c1S(=O)(=O)O. The molecule has 29 heavy (non-hydrogen) atoms. The van der Waals surface area contributed by atoms with Gasteiger partial charge in [0.25, 0.3) is 40.5 Å². The third kappa shape index (κ3) is 5.08. The van der Waals surface area contributed by atoms with E-state index in [-0.39, 0.29) is 0 Å². The summed E-state index contributed by atoms with van der Waals surface area (Å²) < 4.78 is 134. The topological polar surface area (TPSA) is 227 Å². The first-order valence-corrected chi connectivity index (χ1v) is 12.5.